The van der Waals surface area contributed by atoms with E-state index in [1.54, 1.807) is 0 Å². The molecule has 4 nitrogen and oxygen atoms in total. The molecular formula is C18H23NO3. The van der Waals surface area contributed by atoms with E-state index in [0.29, 0.717) is 13.1 Å². The van der Waals surface area contributed by atoms with Crippen LogP contribution in [0.15, 0.2) is 60.7 Å². The molecule has 2 aromatic carbocycles. The Hall–Kier alpha value is -2.04. The fraction of sp³-hybridized carbons (Fsp3) is 0.333. The van der Waals surface area contributed by atoms with Crippen LogP contribution in [0.3, 0.4) is 0 Å². The summed E-state index contributed by atoms with van der Waals surface area (Å²) in [6.45, 7) is 3.39. The van der Waals surface area contributed by atoms with Gasteiger partial charge in [-0.2, -0.15) is 0 Å². The van der Waals surface area contributed by atoms with E-state index in [-0.39, 0.29) is 12.7 Å². The van der Waals surface area contributed by atoms with E-state index in [1.165, 1.54) is 0 Å². The van der Waals surface area contributed by atoms with Crippen LogP contribution in [-0.4, -0.2) is 37.0 Å². The minimum Gasteiger partial charge on any atom is -0.491 e. The molecule has 0 aliphatic carbocycles. The lowest BCUT2D eigenvalue weighted by Crippen LogP contribution is -2.36. The number of benzene rings is 2. The molecule has 2 unspecified atom stereocenters. The van der Waals surface area contributed by atoms with Gasteiger partial charge in [0.1, 0.15) is 30.3 Å². The Morgan fingerprint density at radius 3 is 2.14 bits per heavy atom. The highest BCUT2D eigenvalue weighted by atomic mass is 16.5. The third-order valence-electron chi connectivity index (χ3n) is 3.08. The van der Waals surface area contributed by atoms with Gasteiger partial charge < -0.3 is 19.9 Å². The molecule has 118 valence electrons. The lowest BCUT2D eigenvalue weighted by atomic mass is 10.3. The van der Waals surface area contributed by atoms with Gasteiger partial charge in [-0.15, -0.1) is 0 Å². The summed E-state index contributed by atoms with van der Waals surface area (Å²) >= 11 is 0. The number of para-hydroxylation sites is 2. The summed E-state index contributed by atoms with van der Waals surface area (Å²) in [5.41, 5.74) is 0. The first-order valence-electron chi connectivity index (χ1n) is 7.52. The zero-order chi connectivity index (χ0) is 15.6. The van der Waals surface area contributed by atoms with Gasteiger partial charge >= 0.3 is 0 Å². The molecule has 0 spiro atoms. The molecule has 22 heavy (non-hydrogen) atoms. The summed E-state index contributed by atoms with van der Waals surface area (Å²) in [5, 5.41) is 13.1. The minimum absolute atomic E-state index is 0.0321. The fourth-order valence-corrected chi connectivity index (χ4v) is 1.99. The largest absolute Gasteiger partial charge is 0.491 e. The van der Waals surface area contributed by atoms with E-state index >= 15 is 0 Å². The van der Waals surface area contributed by atoms with Crippen molar-refractivity contribution in [3.05, 3.63) is 60.7 Å². The van der Waals surface area contributed by atoms with E-state index in [0.717, 1.165) is 11.5 Å². The highest BCUT2D eigenvalue weighted by Crippen LogP contribution is 2.10. The topological polar surface area (TPSA) is 50.7 Å². The molecule has 0 bridgehead atoms. The lowest BCUT2D eigenvalue weighted by molar-refractivity contribution is 0.103. The second-order valence-corrected chi connectivity index (χ2v) is 5.18. The number of ether oxygens (including phenoxy) is 2. The molecule has 0 aromatic heterocycles. The summed E-state index contributed by atoms with van der Waals surface area (Å²) in [5.74, 6) is 1.62. The van der Waals surface area contributed by atoms with Crippen LogP contribution < -0.4 is 14.8 Å². The van der Waals surface area contributed by atoms with Gasteiger partial charge in [0.15, 0.2) is 0 Å². The molecule has 0 saturated carbocycles. The molecule has 0 heterocycles. The Balaban J connectivity index is 1.59. The highest BCUT2D eigenvalue weighted by molar-refractivity contribution is 5.21. The van der Waals surface area contributed by atoms with Crippen molar-refractivity contribution >= 4 is 0 Å². The van der Waals surface area contributed by atoms with Crippen molar-refractivity contribution in [3.8, 4) is 11.5 Å². The monoisotopic (exact) mass is 301 g/mol. The van der Waals surface area contributed by atoms with Crippen molar-refractivity contribution in [2.24, 2.45) is 0 Å². The summed E-state index contributed by atoms with van der Waals surface area (Å²) < 4.78 is 11.2. The molecule has 2 rings (SSSR count). The van der Waals surface area contributed by atoms with E-state index in [4.69, 9.17) is 9.47 Å². The molecule has 0 saturated heterocycles. The Morgan fingerprint density at radius 1 is 0.909 bits per heavy atom. The smallest absolute Gasteiger partial charge is 0.119 e. The fourth-order valence-electron chi connectivity index (χ4n) is 1.99. The maximum atomic E-state index is 9.88. The van der Waals surface area contributed by atoms with Gasteiger partial charge in [-0.1, -0.05) is 36.4 Å². The van der Waals surface area contributed by atoms with Crippen molar-refractivity contribution in [1.82, 2.24) is 5.32 Å². The molecule has 0 fully saturated rings. The van der Waals surface area contributed by atoms with Crippen molar-refractivity contribution in [2.75, 3.05) is 19.7 Å². The number of aliphatic hydroxyl groups is 1. The molecule has 0 aliphatic heterocycles. The van der Waals surface area contributed by atoms with Gasteiger partial charge in [0.05, 0.1) is 0 Å². The second-order valence-electron chi connectivity index (χ2n) is 5.18. The summed E-state index contributed by atoms with van der Waals surface area (Å²) in [6.07, 6.45) is -0.520. The third-order valence-corrected chi connectivity index (χ3v) is 3.08. The lowest BCUT2D eigenvalue weighted by Gasteiger charge is -2.17. The van der Waals surface area contributed by atoms with Gasteiger partial charge in [-0.05, 0) is 31.2 Å². The van der Waals surface area contributed by atoms with Gasteiger partial charge in [0.25, 0.3) is 0 Å². The van der Waals surface area contributed by atoms with Crippen LogP contribution in [0.5, 0.6) is 11.5 Å². The van der Waals surface area contributed by atoms with Crippen LogP contribution in [0.2, 0.25) is 0 Å². The van der Waals surface area contributed by atoms with Gasteiger partial charge in [-0.25, -0.2) is 0 Å². The molecule has 0 radical (unpaired) electrons. The predicted molar refractivity (Wildman–Crippen MR) is 87.3 cm³/mol. The van der Waals surface area contributed by atoms with Crippen LogP contribution in [-0.2, 0) is 0 Å². The highest BCUT2D eigenvalue weighted by Gasteiger charge is 2.07. The van der Waals surface area contributed by atoms with Gasteiger partial charge in [-0.3, -0.25) is 0 Å². The average Bonchev–Trinajstić information content (AvgIpc) is 2.55. The number of hydrogen-bond donors (Lipinski definition) is 2. The normalized spacial score (nSPS) is 13.4. The van der Waals surface area contributed by atoms with E-state index in [2.05, 4.69) is 5.32 Å². The van der Waals surface area contributed by atoms with Crippen molar-refractivity contribution in [2.45, 2.75) is 19.1 Å². The summed E-state index contributed by atoms with van der Waals surface area (Å²) in [4.78, 5) is 0. The van der Waals surface area contributed by atoms with Crippen LogP contribution >= 0.6 is 0 Å². The predicted octanol–water partition coefficient (Wildman–Crippen LogP) is 2.48. The Morgan fingerprint density at radius 2 is 1.50 bits per heavy atom. The van der Waals surface area contributed by atoms with Crippen LogP contribution in [0.1, 0.15) is 6.92 Å². The summed E-state index contributed by atoms with van der Waals surface area (Å²) in [7, 11) is 0. The molecule has 2 N–H and O–H groups in total. The van der Waals surface area contributed by atoms with Crippen molar-refractivity contribution < 1.29 is 14.6 Å². The van der Waals surface area contributed by atoms with Crippen LogP contribution in [0.4, 0.5) is 0 Å². The molecule has 0 amide bonds. The third kappa shape index (κ3) is 6.16. The van der Waals surface area contributed by atoms with Gasteiger partial charge in [0.2, 0.25) is 0 Å². The van der Waals surface area contributed by atoms with Crippen molar-refractivity contribution in [3.63, 3.8) is 0 Å². The van der Waals surface area contributed by atoms with Crippen LogP contribution in [0, 0.1) is 0 Å². The Bertz CT molecular complexity index is 518. The minimum atomic E-state index is -0.552. The molecule has 2 atom stereocenters. The van der Waals surface area contributed by atoms with E-state index < -0.39 is 6.10 Å². The molecule has 4 heteroatoms. The maximum Gasteiger partial charge on any atom is 0.119 e. The first-order valence-corrected chi connectivity index (χ1v) is 7.52. The first-order chi connectivity index (χ1) is 10.7. The quantitative estimate of drug-likeness (QED) is 0.747. The number of aliphatic hydroxyl groups excluding tert-OH is 1. The number of rotatable bonds is 9. The SMILES string of the molecule is CC(CNCC(O)COc1ccccc1)Oc1ccccc1. The van der Waals surface area contributed by atoms with E-state index in [9.17, 15) is 5.11 Å². The molecule has 2 aromatic rings. The standard InChI is InChI=1S/C18H23NO3/c1-15(22-18-10-6-3-7-11-18)12-19-13-16(20)14-21-17-8-4-2-5-9-17/h2-11,15-16,19-20H,12-14H2,1H3. The van der Waals surface area contributed by atoms with Crippen molar-refractivity contribution in [1.29, 1.82) is 0 Å². The second kappa shape index (κ2) is 9.07. The first kappa shape index (κ1) is 16.3. The number of hydrogen-bond acceptors (Lipinski definition) is 4. The molecular weight excluding hydrogens is 278 g/mol. The summed E-state index contributed by atoms with van der Waals surface area (Å²) in [6, 6.07) is 19.2. The molecule has 0 aliphatic rings. The Labute approximate surface area is 131 Å². The zero-order valence-electron chi connectivity index (χ0n) is 12.8. The van der Waals surface area contributed by atoms with E-state index in [1.807, 2.05) is 67.6 Å². The zero-order valence-corrected chi connectivity index (χ0v) is 12.8. The van der Waals surface area contributed by atoms with Crippen LogP contribution in [0.25, 0.3) is 0 Å². The van der Waals surface area contributed by atoms with Gasteiger partial charge in [0, 0.05) is 13.1 Å². The Kier molecular flexibility index (Phi) is 6.74. The number of nitrogens with one attached hydrogen (secondary N) is 1. The maximum absolute atomic E-state index is 9.88. The average molecular weight is 301 g/mol.